The summed E-state index contributed by atoms with van der Waals surface area (Å²) in [6.45, 7) is 0. The number of allylic oxidation sites excluding steroid dienone is 1. The standard InChI is InChI=1S/C29H24O13/c30-9-1-14(32)11-5-17(35)26(40-20(11)3-9)13-7-16(34)25(39)27-22(13)23-24(38)19(37)8-29(23,42-27)28-18(36)6-12-15(33)2-10(31)4-21(12)41-28/h1-4,7-8,17-18,23,26,28,30-37,39H,5-6H2/t17-,18-,23?,26?,28?,29-/m1/s1. The maximum atomic E-state index is 13.5. The van der Waals surface area contributed by atoms with Gasteiger partial charge in [-0.1, -0.05) is 0 Å². The third-order valence-corrected chi connectivity index (χ3v) is 8.33. The number of fused-ring (bicyclic) bond motifs is 5. The summed E-state index contributed by atoms with van der Waals surface area (Å²) >= 11 is 0. The van der Waals surface area contributed by atoms with E-state index >= 15 is 0 Å². The fourth-order valence-electron chi connectivity index (χ4n) is 6.53. The summed E-state index contributed by atoms with van der Waals surface area (Å²) in [7, 11) is 0. The number of phenols is 6. The van der Waals surface area contributed by atoms with E-state index in [1.807, 2.05) is 0 Å². The molecule has 7 rings (SSSR count). The molecule has 13 nitrogen and oxygen atoms in total. The van der Waals surface area contributed by atoms with Crippen molar-refractivity contribution < 1.29 is 65.0 Å². The molecule has 0 saturated heterocycles. The molecule has 9 N–H and O–H groups in total. The van der Waals surface area contributed by atoms with Gasteiger partial charge in [-0.2, -0.15) is 0 Å². The van der Waals surface area contributed by atoms with Crippen LogP contribution in [0.1, 0.15) is 34.3 Å². The maximum Gasteiger partial charge on any atom is 0.209 e. The molecule has 0 radical (unpaired) electrons. The average Bonchev–Trinajstić information content (AvgIpc) is 3.38. The lowest BCUT2D eigenvalue weighted by Gasteiger charge is -2.41. The van der Waals surface area contributed by atoms with Crippen LogP contribution < -0.4 is 14.2 Å². The molecule has 3 unspecified atom stereocenters. The second kappa shape index (κ2) is 8.50. The Bertz CT molecular complexity index is 1730. The topological polar surface area (TPSA) is 227 Å². The molecule has 3 heterocycles. The van der Waals surface area contributed by atoms with E-state index in [0.29, 0.717) is 0 Å². The molecule has 42 heavy (non-hydrogen) atoms. The molecule has 3 aromatic rings. The minimum Gasteiger partial charge on any atom is -0.508 e. The third-order valence-electron chi connectivity index (χ3n) is 8.33. The average molecular weight is 580 g/mol. The van der Waals surface area contributed by atoms with E-state index in [1.165, 1.54) is 12.1 Å². The van der Waals surface area contributed by atoms with E-state index in [-0.39, 0.29) is 75.3 Å². The van der Waals surface area contributed by atoms with Crippen LogP contribution in [0.2, 0.25) is 0 Å². The Morgan fingerprint density at radius 3 is 1.98 bits per heavy atom. The zero-order valence-corrected chi connectivity index (χ0v) is 21.4. The summed E-state index contributed by atoms with van der Waals surface area (Å²) in [6.07, 6.45) is -4.87. The Morgan fingerprint density at radius 1 is 0.738 bits per heavy atom. The predicted molar refractivity (Wildman–Crippen MR) is 138 cm³/mol. The van der Waals surface area contributed by atoms with Crippen molar-refractivity contribution in [3.63, 3.8) is 0 Å². The normalized spacial score (nSPS) is 28.9. The van der Waals surface area contributed by atoms with Crippen molar-refractivity contribution in [3.05, 3.63) is 64.4 Å². The first-order valence-electron chi connectivity index (χ1n) is 12.9. The molecule has 0 aromatic heterocycles. The first-order valence-corrected chi connectivity index (χ1v) is 12.9. The van der Waals surface area contributed by atoms with Gasteiger partial charge in [0.05, 0.1) is 12.2 Å². The van der Waals surface area contributed by atoms with Crippen LogP contribution in [-0.2, 0) is 17.6 Å². The summed E-state index contributed by atoms with van der Waals surface area (Å²) in [5.41, 5.74) is -1.67. The number of Topliss-reactive ketones (excluding diaryl/α,β-unsaturated/α-hetero) is 1. The Morgan fingerprint density at radius 2 is 1.33 bits per heavy atom. The van der Waals surface area contributed by atoms with Crippen LogP contribution in [0, 0.1) is 0 Å². The molecule has 3 aliphatic heterocycles. The Balaban J connectivity index is 1.38. The molecule has 218 valence electrons. The van der Waals surface area contributed by atoms with Gasteiger partial charge in [0.2, 0.25) is 11.5 Å². The number of aromatic hydroxyl groups is 6. The summed E-state index contributed by atoms with van der Waals surface area (Å²) in [6, 6.07) is 5.65. The van der Waals surface area contributed by atoms with Gasteiger partial charge >= 0.3 is 0 Å². The van der Waals surface area contributed by atoms with Crippen LogP contribution in [0.5, 0.6) is 51.7 Å². The zero-order valence-electron chi connectivity index (χ0n) is 21.4. The smallest absolute Gasteiger partial charge is 0.209 e. The number of aliphatic hydroxyl groups excluding tert-OH is 3. The van der Waals surface area contributed by atoms with Gasteiger partial charge in [-0.25, -0.2) is 0 Å². The lowest BCUT2D eigenvalue weighted by Crippen LogP contribution is -2.57. The number of ether oxygens (including phenoxy) is 3. The molecule has 1 aliphatic carbocycles. The molecule has 6 atom stereocenters. The van der Waals surface area contributed by atoms with Crippen LogP contribution >= 0.6 is 0 Å². The number of carbonyl (C=O) groups is 1. The Labute approximate surface area is 235 Å². The van der Waals surface area contributed by atoms with E-state index in [9.17, 15) is 50.8 Å². The van der Waals surface area contributed by atoms with Crippen LogP contribution in [0.4, 0.5) is 0 Å². The van der Waals surface area contributed by atoms with E-state index in [1.54, 1.807) is 0 Å². The van der Waals surface area contributed by atoms with Gasteiger partial charge in [0.1, 0.15) is 40.4 Å². The number of rotatable bonds is 2. The Kier molecular flexibility index (Phi) is 5.25. The van der Waals surface area contributed by atoms with E-state index in [0.717, 1.165) is 24.3 Å². The monoisotopic (exact) mass is 580 g/mol. The minimum absolute atomic E-state index is 0.00871. The molecule has 3 aromatic carbocycles. The van der Waals surface area contributed by atoms with Crippen molar-refractivity contribution >= 4 is 5.78 Å². The second-order valence-electron chi connectivity index (χ2n) is 10.9. The highest BCUT2D eigenvalue weighted by atomic mass is 16.6. The molecular formula is C29H24O13. The van der Waals surface area contributed by atoms with Gasteiger partial charge in [-0.15, -0.1) is 0 Å². The number of carbonyl (C=O) groups excluding carboxylic acids is 1. The van der Waals surface area contributed by atoms with Crippen molar-refractivity contribution in [2.75, 3.05) is 0 Å². The number of phenolic OH excluding ortho intramolecular Hbond substituents is 6. The lowest BCUT2D eigenvalue weighted by atomic mass is 9.76. The first-order chi connectivity index (χ1) is 19.9. The quantitative estimate of drug-likeness (QED) is 0.196. The number of benzene rings is 3. The lowest BCUT2D eigenvalue weighted by molar-refractivity contribution is -0.125. The van der Waals surface area contributed by atoms with Crippen molar-refractivity contribution in [2.24, 2.45) is 0 Å². The van der Waals surface area contributed by atoms with E-state index in [2.05, 4.69) is 0 Å². The number of hydrogen-bond donors (Lipinski definition) is 9. The first kappa shape index (κ1) is 25.9. The second-order valence-corrected chi connectivity index (χ2v) is 10.9. The maximum absolute atomic E-state index is 13.5. The summed E-state index contributed by atoms with van der Waals surface area (Å²) in [5, 5.41) is 94.9. The van der Waals surface area contributed by atoms with Crippen molar-refractivity contribution in [1.29, 1.82) is 0 Å². The fraction of sp³-hybridized carbons (Fsp3) is 0.276. The predicted octanol–water partition coefficient (Wildman–Crippen LogP) is 1.56. The highest BCUT2D eigenvalue weighted by Crippen LogP contribution is 2.61. The third kappa shape index (κ3) is 3.40. The largest absolute Gasteiger partial charge is 0.508 e. The fourth-order valence-corrected chi connectivity index (χ4v) is 6.53. The number of aliphatic hydroxyl groups is 3. The highest BCUT2D eigenvalue weighted by Gasteiger charge is 2.66. The van der Waals surface area contributed by atoms with Gasteiger partial charge in [0, 0.05) is 65.4 Å². The van der Waals surface area contributed by atoms with Crippen LogP contribution in [0.15, 0.2) is 42.2 Å². The number of ketones is 1. The molecular weight excluding hydrogens is 556 g/mol. The zero-order chi connectivity index (χ0) is 29.8. The molecule has 0 spiro atoms. The van der Waals surface area contributed by atoms with Gasteiger partial charge in [-0.3, -0.25) is 4.79 Å². The molecule has 4 aliphatic rings. The molecule has 0 amide bonds. The SMILES string of the molecule is O=C1C(O)=C[C@@]2(C3Oc4cc(O)cc(O)c4C[C@H]3O)Oc3c(O)c(O)cc(C4Oc5cc(O)cc(O)c5C[C@H]4O)c3C12. The highest BCUT2D eigenvalue weighted by molar-refractivity contribution is 6.05. The van der Waals surface area contributed by atoms with Gasteiger partial charge in [-0.05, 0) is 6.07 Å². The summed E-state index contributed by atoms with van der Waals surface area (Å²) in [4.78, 5) is 13.5. The van der Waals surface area contributed by atoms with E-state index in [4.69, 9.17) is 14.2 Å². The Hall–Kier alpha value is -5.01. The van der Waals surface area contributed by atoms with Gasteiger partial charge in [0.25, 0.3) is 0 Å². The van der Waals surface area contributed by atoms with Crippen molar-refractivity contribution in [1.82, 2.24) is 0 Å². The molecule has 0 bridgehead atoms. The number of hydrogen-bond acceptors (Lipinski definition) is 13. The van der Waals surface area contributed by atoms with Crippen molar-refractivity contribution in [3.8, 4) is 51.7 Å². The summed E-state index contributed by atoms with van der Waals surface area (Å²) in [5.74, 6) is -6.20. The van der Waals surface area contributed by atoms with Crippen molar-refractivity contribution in [2.45, 2.75) is 48.8 Å². The molecule has 13 heteroatoms. The van der Waals surface area contributed by atoms with Crippen LogP contribution in [-0.4, -0.2) is 75.7 Å². The molecule has 0 fully saturated rings. The minimum atomic E-state index is -1.99. The summed E-state index contributed by atoms with van der Waals surface area (Å²) < 4.78 is 18.1. The van der Waals surface area contributed by atoms with Gasteiger partial charge in [0.15, 0.2) is 35.1 Å². The van der Waals surface area contributed by atoms with Gasteiger partial charge < -0.3 is 60.2 Å². The van der Waals surface area contributed by atoms with Crippen LogP contribution in [0.3, 0.4) is 0 Å². The van der Waals surface area contributed by atoms with Crippen LogP contribution in [0.25, 0.3) is 0 Å². The molecule has 0 saturated carbocycles. The van der Waals surface area contributed by atoms with E-state index < -0.39 is 59.0 Å².